The Bertz CT molecular complexity index is 924. The van der Waals surface area contributed by atoms with Crippen molar-refractivity contribution in [1.82, 2.24) is 19.6 Å². The first kappa shape index (κ1) is 16.6. The van der Waals surface area contributed by atoms with Crippen molar-refractivity contribution >= 4 is 56.8 Å². The molecule has 0 saturated carbocycles. The summed E-state index contributed by atoms with van der Waals surface area (Å²) in [6, 6.07) is 14.5. The van der Waals surface area contributed by atoms with E-state index >= 15 is 0 Å². The zero-order chi connectivity index (χ0) is 16.4. The molecule has 6 nitrogen and oxygen atoms in total. The molecule has 1 heterocycles. The van der Waals surface area contributed by atoms with Gasteiger partial charge in [-0.3, -0.25) is 0 Å². The minimum atomic E-state index is -3.78. The number of aromatic nitrogens is 4. The van der Waals surface area contributed by atoms with E-state index < -0.39 is 10.0 Å². The van der Waals surface area contributed by atoms with E-state index in [-0.39, 0.29) is 19.9 Å². The molecule has 0 saturated heterocycles. The van der Waals surface area contributed by atoms with Crippen molar-refractivity contribution in [2.45, 2.75) is 11.8 Å². The molecule has 9 heteroatoms. The molecule has 2 aromatic carbocycles. The van der Waals surface area contributed by atoms with Gasteiger partial charge in [0.05, 0.1) is 0 Å². The Balaban J connectivity index is 1.96. The van der Waals surface area contributed by atoms with E-state index in [0.29, 0.717) is 4.72 Å². The molecule has 0 unspecified atom stereocenters. The second-order valence-electron chi connectivity index (χ2n) is 4.68. The van der Waals surface area contributed by atoms with E-state index in [1.54, 1.807) is 24.3 Å². The van der Waals surface area contributed by atoms with Gasteiger partial charge in [-0.05, 0) is 0 Å². The van der Waals surface area contributed by atoms with Crippen LogP contribution >= 0.6 is 22.6 Å². The Morgan fingerprint density at radius 2 is 1.70 bits per heavy atom. The van der Waals surface area contributed by atoms with E-state index in [1.807, 2.05) is 31.2 Å². The number of benzene rings is 2. The van der Waals surface area contributed by atoms with Crippen molar-refractivity contribution in [3.63, 3.8) is 0 Å². The fraction of sp³-hybridized carbons (Fsp3) is 0.0714. The van der Waals surface area contributed by atoms with Crippen LogP contribution in [-0.4, -0.2) is 43.0 Å². The van der Waals surface area contributed by atoms with Crippen LogP contribution in [0.5, 0.6) is 0 Å². The third-order valence-electron chi connectivity index (χ3n) is 2.98. The first-order valence-corrected chi connectivity index (χ1v) is 10.7. The van der Waals surface area contributed by atoms with Gasteiger partial charge >= 0.3 is 154 Å². The monoisotopic (exact) mass is 506 g/mol. The maximum absolute atomic E-state index is 12.7. The van der Waals surface area contributed by atoms with Crippen LogP contribution in [0.1, 0.15) is 5.56 Å². The number of hydrogen-bond acceptors (Lipinski definition) is 5. The Morgan fingerprint density at radius 3 is 2.35 bits per heavy atom. The molecule has 23 heavy (non-hydrogen) atoms. The molecule has 1 aromatic heterocycles. The Kier molecular flexibility index (Phi) is 4.81. The van der Waals surface area contributed by atoms with Crippen molar-refractivity contribution < 1.29 is 8.42 Å². The summed E-state index contributed by atoms with van der Waals surface area (Å²) in [4.78, 5) is 0.176. The fourth-order valence-electron chi connectivity index (χ4n) is 1.80. The number of hydrogen-bond donors (Lipinski definition) is 0. The standard InChI is InChI=1S/C14H11IN4O2SSe/c1-10-2-6-12(7-3-10)22(20,21)19-14(16-17-18-19)23-13-8-4-11(15)5-9-13/h2-9H,1H3. The summed E-state index contributed by atoms with van der Waals surface area (Å²) in [5.41, 5.74) is 0.990. The Labute approximate surface area is 153 Å². The second kappa shape index (κ2) is 6.68. The molecule has 3 aromatic rings. The van der Waals surface area contributed by atoms with Gasteiger partial charge in [-0.2, -0.15) is 0 Å². The number of aryl methyl sites for hydroxylation is 1. The van der Waals surface area contributed by atoms with E-state index in [0.717, 1.165) is 17.7 Å². The molecular weight excluding hydrogens is 494 g/mol. The van der Waals surface area contributed by atoms with Gasteiger partial charge in [0.1, 0.15) is 0 Å². The summed E-state index contributed by atoms with van der Waals surface area (Å²) in [7, 11) is -3.78. The normalized spacial score (nSPS) is 11.6. The maximum atomic E-state index is 12.7. The molecule has 118 valence electrons. The van der Waals surface area contributed by atoms with Crippen LogP contribution in [0, 0.1) is 10.5 Å². The molecule has 0 aliphatic heterocycles. The molecule has 0 spiro atoms. The number of rotatable bonds is 4. The van der Waals surface area contributed by atoms with Crippen molar-refractivity contribution in [3.05, 3.63) is 57.7 Å². The predicted octanol–water partition coefficient (Wildman–Crippen LogP) is 0.478. The first-order chi connectivity index (χ1) is 11.0. The molecule has 0 aliphatic rings. The van der Waals surface area contributed by atoms with Gasteiger partial charge in [-0.15, -0.1) is 0 Å². The second-order valence-corrected chi connectivity index (χ2v) is 9.87. The predicted molar refractivity (Wildman–Crippen MR) is 95.8 cm³/mol. The van der Waals surface area contributed by atoms with E-state index in [2.05, 4.69) is 38.1 Å². The van der Waals surface area contributed by atoms with Gasteiger partial charge in [0, 0.05) is 0 Å². The quantitative estimate of drug-likeness (QED) is 0.381. The van der Waals surface area contributed by atoms with Crippen molar-refractivity contribution in [3.8, 4) is 0 Å². The van der Waals surface area contributed by atoms with Crippen LogP contribution in [0.25, 0.3) is 0 Å². The molecule has 0 bridgehead atoms. The van der Waals surface area contributed by atoms with Gasteiger partial charge in [-0.1, -0.05) is 0 Å². The number of tetrazole rings is 1. The Hall–Kier alpha value is -1.29. The summed E-state index contributed by atoms with van der Waals surface area (Å²) in [5.74, 6) is 0. The molecule has 3 rings (SSSR count). The van der Waals surface area contributed by atoms with Crippen LogP contribution in [0.3, 0.4) is 0 Å². The third kappa shape index (κ3) is 3.63. The first-order valence-electron chi connectivity index (χ1n) is 6.51. The summed E-state index contributed by atoms with van der Waals surface area (Å²) in [6.07, 6.45) is 0. The van der Waals surface area contributed by atoms with Gasteiger partial charge in [-0.25, -0.2) is 0 Å². The average molecular weight is 505 g/mol. The molecule has 0 amide bonds. The third-order valence-corrected chi connectivity index (χ3v) is 7.52. The molecule has 0 atom stereocenters. The van der Waals surface area contributed by atoms with Crippen LogP contribution in [0.2, 0.25) is 0 Å². The number of nitrogens with zero attached hydrogens (tertiary/aromatic N) is 4. The van der Waals surface area contributed by atoms with Crippen molar-refractivity contribution in [1.29, 1.82) is 0 Å². The van der Waals surface area contributed by atoms with Crippen LogP contribution in [0.4, 0.5) is 0 Å². The minimum absolute atomic E-state index is 0.176. The van der Waals surface area contributed by atoms with Gasteiger partial charge in [0.15, 0.2) is 0 Å². The Morgan fingerprint density at radius 1 is 1.04 bits per heavy atom. The molecule has 0 fully saturated rings. The summed E-state index contributed by atoms with van der Waals surface area (Å²) in [6.45, 7) is 1.90. The zero-order valence-corrected chi connectivity index (χ0v) is 16.6. The van der Waals surface area contributed by atoms with Crippen LogP contribution in [0.15, 0.2) is 53.4 Å². The SMILES string of the molecule is Cc1ccc(S(=O)(=O)n2nnnc2[Se]c2ccc(I)cc2)cc1. The fourth-order valence-corrected chi connectivity index (χ4v) is 5.44. The van der Waals surface area contributed by atoms with Crippen molar-refractivity contribution in [2.24, 2.45) is 0 Å². The van der Waals surface area contributed by atoms with Gasteiger partial charge in [0.2, 0.25) is 0 Å². The van der Waals surface area contributed by atoms with E-state index in [9.17, 15) is 8.42 Å². The van der Waals surface area contributed by atoms with Crippen LogP contribution < -0.4 is 9.18 Å². The van der Waals surface area contributed by atoms with Gasteiger partial charge < -0.3 is 0 Å². The molecular formula is C14H11IN4O2SSe. The van der Waals surface area contributed by atoms with E-state index in [4.69, 9.17) is 0 Å². The summed E-state index contributed by atoms with van der Waals surface area (Å²) < 4.78 is 28.8. The molecule has 0 radical (unpaired) electrons. The topological polar surface area (TPSA) is 77.7 Å². The molecule has 0 aliphatic carbocycles. The zero-order valence-electron chi connectivity index (χ0n) is 11.9. The molecule has 0 N–H and O–H groups in total. The summed E-state index contributed by atoms with van der Waals surface area (Å²) >= 11 is 1.92. The number of halogens is 1. The van der Waals surface area contributed by atoms with E-state index in [1.165, 1.54) is 0 Å². The van der Waals surface area contributed by atoms with Crippen molar-refractivity contribution in [2.75, 3.05) is 0 Å². The van der Waals surface area contributed by atoms with Crippen LogP contribution in [-0.2, 0) is 10.0 Å². The summed E-state index contributed by atoms with van der Waals surface area (Å²) in [5, 5.41) is 11.1. The van der Waals surface area contributed by atoms with Gasteiger partial charge in [0.25, 0.3) is 0 Å². The average Bonchev–Trinajstić information content (AvgIpc) is 2.99.